The van der Waals surface area contributed by atoms with Gasteiger partial charge in [-0.2, -0.15) is 0 Å². The molecule has 0 fully saturated rings. The fourth-order valence-corrected chi connectivity index (χ4v) is 3.08. The van der Waals surface area contributed by atoms with Crippen molar-refractivity contribution in [1.29, 1.82) is 0 Å². The third-order valence-electron chi connectivity index (χ3n) is 4.17. The van der Waals surface area contributed by atoms with Crippen molar-refractivity contribution in [3.05, 3.63) is 72.9 Å². The molecular weight excluding hydrogens is 288 g/mol. The fraction of sp³-hybridized carbons (Fsp3) is 0.176. The number of nitrogens with zero attached hydrogens (tertiary/aromatic N) is 6. The Balaban J connectivity index is 1.53. The Bertz CT molecular complexity index is 726. The fourth-order valence-electron chi connectivity index (χ4n) is 3.08. The molecule has 114 valence electrons. The highest BCUT2D eigenvalue weighted by molar-refractivity contribution is 6.51. The molecule has 0 aromatic heterocycles. The van der Waals surface area contributed by atoms with E-state index in [1.807, 2.05) is 24.3 Å². The van der Waals surface area contributed by atoms with Crippen LogP contribution in [0.3, 0.4) is 0 Å². The van der Waals surface area contributed by atoms with E-state index in [9.17, 15) is 0 Å². The van der Waals surface area contributed by atoms with Gasteiger partial charge in [0.2, 0.25) is 0 Å². The second-order valence-corrected chi connectivity index (χ2v) is 6.00. The zero-order valence-electron chi connectivity index (χ0n) is 12.6. The minimum absolute atomic E-state index is 0.842. The summed E-state index contributed by atoms with van der Waals surface area (Å²) in [6, 6.07) is 0. The largest absolute Gasteiger partial charge is 0.341 e. The summed E-state index contributed by atoms with van der Waals surface area (Å²) in [5.41, 5.74) is 3.76. The second-order valence-electron chi connectivity index (χ2n) is 6.00. The van der Waals surface area contributed by atoms with Crippen LogP contribution in [-0.2, 0) is 0 Å². The monoisotopic (exact) mass is 304 g/mol. The molecule has 5 rings (SSSR count). The maximum Gasteiger partial charge on any atom is 0.0953 e. The predicted octanol–water partition coefficient (Wildman–Crippen LogP) is 1.75. The second kappa shape index (κ2) is 4.74. The lowest BCUT2D eigenvalue weighted by molar-refractivity contribution is 0.189. The number of hydrogen-bond donors (Lipinski definition) is 0. The number of allylic oxidation sites excluding steroid dienone is 4. The third-order valence-corrected chi connectivity index (χ3v) is 4.17. The normalized spacial score (nSPS) is 24.0. The van der Waals surface area contributed by atoms with Crippen LogP contribution in [0.15, 0.2) is 82.9 Å². The van der Waals surface area contributed by atoms with Crippen LogP contribution in [0.4, 0.5) is 0 Å². The molecule has 6 nitrogen and oxygen atoms in total. The Morgan fingerprint density at radius 1 is 0.609 bits per heavy atom. The highest BCUT2D eigenvalue weighted by atomic mass is 15.4. The van der Waals surface area contributed by atoms with E-state index in [-0.39, 0.29) is 0 Å². The quantitative estimate of drug-likeness (QED) is 0.683. The van der Waals surface area contributed by atoms with Crippen molar-refractivity contribution in [2.45, 2.75) is 0 Å². The van der Waals surface area contributed by atoms with Crippen LogP contribution >= 0.6 is 0 Å². The first-order valence-corrected chi connectivity index (χ1v) is 7.66. The van der Waals surface area contributed by atoms with Crippen LogP contribution in [0.1, 0.15) is 0 Å². The minimum atomic E-state index is 0.842. The SMILES string of the molecule is C1=CC2=NC1=CN1C=CN(C1)CN1C=CN(C=C3C=CC2=N3)C1. The van der Waals surface area contributed by atoms with Gasteiger partial charge in [-0.25, -0.2) is 9.98 Å². The lowest BCUT2D eigenvalue weighted by Crippen LogP contribution is -2.34. The van der Waals surface area contributed by atoms with E-state index in [1.165, 1.54) is 0 Å². The third kappa shape index (κ3) is 2.28. The van der Waals surface area contributed by atoms with Gasteiger partial charge in [0, 0.05) is 37.2 Å². The molecule has 0 saturated heterocycles. The molecule has 5 aliphatic rings. The highest BCUT2D eigenvalue weighted by Crippen LogP contribution is 2.20. The van der Waals surface area contributed by atoms with Crippen molar-refractivity contribution < 1.29 is 0 Å². The Kier molecular flexibility index (Phi) is 2.58. The molecule has 8 bridgehead atoms. The summed E-state index contributed by atoms with van der Waals surface area (Å²) >= 11 is 0. The Labute approximate surface area is 134 Å². The summed E-state index contributed by atoms with van der Waals surface area (Å²) < 4.78 is 0. The molecule has 0 N–H and O–H groups in total. The van der Waals surface area contributed by atoms with Gasteiger partial charge in [0.1, 0.15) is 0 Å². The molecule has 6 heteroatoms. The predicted molar refractivity (Wildman–Crippen MR) is 89.6 cm³/mol. The molecule has 5 aliphatic heterocycles. The Morgan fingerprint density at radius 3 is 1.65 bits per heavy atom. The van der Waals surface area contributed by atoms with Crippen LogP contribution in [0, 0.1) is 0 Å². The zero-order chi connectivity index (χ0) is 15.2. The van der Waals surface area contributed by atoms with Gasteiger partial charge in [-0.3, -0.25) is 0 Å². The van der Waals surface area contributed by atoms with Crippen molar-refractivity contribution in [2.24, 2.45) is 9.98 Å². The topological polar surface area (TPSA) is 37.7 Å². The van der Waals surface area contributed by atoms with Gasteiger partial charge in [-0.15, -0.1) is 0 Å². The first kappa shape index (κ1) is 12.5. The minimum Gasteiger partial charge on any atom is -0.341 e. The molecule has 0 radical (unpaired) electrons. The first-order chi connectivity index (χ1) is 11.3. The van der Waals surface area contributed by atoms with Gasteiger partial charge < -0.3 is 19.6 Å². The number of aliphatic imine (C=N–C) groups is 2. The van der Waals surface area contributed by atoms with Crippen LogP contribution in [0.25, 0.3) is 0 Å². The van der Waals surface area contributed by atoms with Gasteiger partial charge in [-0.1, -0.05) is 0 Å². The van der Waals surface area contributed by atoms with Crippen molar-refractivity contribution in [3.8, 4) is 0 Å². The summed E-state index contributed by atoms with van der Waals surface area (Å²) in [6.07, 6.45) is 20.7. The summed E-state index contributed by atoms with van der Waals surface area (Å²) in [5.74, 6) is 0. The zero-order valence-corrected chi connectivity index (χ0v) is 12.6. The molecule has 0 saturated carbocycles. The molecule has 5 heterocycles. The van der Waals surface area contributed by atoms with E-state index >= 15 is 0 Å². The van der Waals surface area contributed by atoms with Gasteiger partial charge in [-0.05, 0) is 24.3 Å². The van der Waals surface area contributed by atoms with E-state index in [0.29, 0.717) is 0 Å². The highest BCUT2D eigenvalue weighted by Gasteiger charge is 2.19. The molecule has 0 aliphatic carbocycles. The molecule has 0 atom stereocenters. The average molecular weight is 304 g/mol. The van der Waals surface area contributed by atoms with E-state index in [2.05, 4.69) is 66.8 Å². The van der Waals surface area contributed by atoms with Gasteiger partial charge in [0.25, 0.3) is 0 Å². The lowest BCUT2D eigenvalue weighted by Gasteiger charge is -2.26. The van der Waals surface area contributed by atoms with E-state index in [0.717, 1.165) is 42.8 Å². The van der Waals surface area contributed by atoms with Crippen LogP contribution in [-0.4, -0.2) is 51.0 Å². The molecule has 0 aromatic carbocycles. The smallest absolute Gasteiger partial charge is 0.0953 e. The number of hydrogen-bond acceptors (Lipinski definition) is 6. The summed E-state index contributed by atoms with van der Waals surface area (Å²) in [5, 5.41) is 0. The lowest BCUT2D eigenvalue weighted by atomic mass is 10.2. The van der Waals surface area contributed by atoms with Gasteiger partial charge >= 0.3 is 0 Å². The van der Waals surface area contributed by atoms with Crippen molar-refractivity contribution in [3.63, 3.8) is 0 Å². The van der Waals surface area contributed by atoms with Gasteiger partial charge in [0.05, 0.1) is 42.8 Å². The Hall–Kier alpha value is -3.02. The average Bonchev–Trinajstić information content (AvgIpc) is 3.28. The molecule has 0 amide bonds. The van der Waals surface area contributed by atoms with Crippen LogP contribution in [0.2, 0.25) is 0 Å². The maximum atomic E-state index is 4.67. The molecular formula is C17H16N6. The van der Waals surface area contributed by atoms with E-state index in [1.54, 1.807) is 0 Å². The first-order valence-electron chi connectivity index (χ1n) is 7.66. The van der Waals surface area contributed by atoms with E-state index < -0.39 is 0 Å². The maximum absolute atomic E-state index is 4.67. The molecule has 0 spiro atoms. The summed E-state index contributed by atoms with van der Waals surface area (Å²) in [7, 11) is 0. The van der Waals surface area contributed by atoms with Crippen LogP contribution in [0.5, 0.6) is 0 Å². The van der Waals surface area contributed by atoms with E-state index in [4.69, 9.17) is 0 Å². The summed E-state index contributed by atoms with van der Waals surface area (Å²) in [6.45, 7) is 2.55. The standard InChI is InChI=1S/C17H16N6/c1-3-16-17-4-2-15(19-17)10-21-6-8-23(12-21)13-22-7-5-20(11-22)9-14(1)18-16/h1-10H,11-13H2. The molecule has 0 unspecified atom stereocenters. The summed E-state index contributed by atoms with van der Waals surface area (Å²) in [4.78, 5) is 18.2. The molecule has 0 aromatic rings. The van der Waals surface area contributed by atoms with Crippen molar-refractivity contribution in [1.82, 2.24) is 19.6 Å². The number of rotatable bonds is 0. The Morgan fingerprint density at radius 2 is 1.13 bits per heavy atom. The number of fused-ring (bicyclic) bond motifs is 7. The van der Waals surface area contributed by atoms with Crippen molar-refractivity contribution in [2.75, 3.05) is 20.0 Å². The van der Waals surface area contributed by atoms with Crippen molar-refractivity contribution >= 4 is 11.4 Å². The van der Waals surface area contributed by atoms with Gasteiger partial charge in [0.15, 0.2) is 0 Å². The molecule has 23 heavy (non-hydrogen) atoms. The van der Waals surface area contributed by atoms with Crippen LogP contribution < -0.4 is 0 Å².